The van der Waals surface area contributed by atoms with Gasteiger partial charge in [0, 0.05) is 24.5 Å². The van der Waals surface area contributed by atoms with Crippen LogP contribution >= 0.6 is 11.6 Å². The van der Waals surface area contributed by atoms with E-state index >= 15 is 0 Å². The third kappa shape index (κ3) is 4.90. The van der Waals surface area contributed by atoms with E-state index in [-0.39, 0.29) is 18.4 Å². The van der Waals surface area contributed by atoms with E-state index in [2.05, 4.69) is 20.2 Å². The molecule has 0 N–H and O–H groups in total. The standard InChI is InChI=1S/C19H21ClN6O2/c1-3-25(14(2)13-28-18-7-6-15(20)11-22-18)12-17(27)19-16(5-4-8-21-19)26-23-9-10-24-26/h4-11,14H,3,12-13H2,1-2H3/t14-/m0/s1. The van der Waals surface area contributed by atoms with Gasteiger partial charge < -0.3 is 4.74 Å². The largest absolute Gasteiger partial charge is 0.476 e. The average molecular weight is 401 g/mol. The summed E-state index contributed by atoms with van der Waals surface area (Å²) < 4.78 is 5.71. The van der Waals surface area contributed by atoms with Gasteiger partial charge >= 0.3 is 0 Å². The van der Waals surface area contributed by atoms with Crippen molar-refractivity contribution in [1.82, 2.24) is 29.9 Å². The predicted molar refractivity (Wildman–Crippen MR) is 105 cm³/mol. The van der Waals surface area contributed by atoms with Crippen LogP contribution in [-0.2, 0) is 0 Å². The first-order valence-corrected chi connectivity index (χ1v) is 9.29. The number of nitrogens with zero attached hydrogens (tertiary/aromatic N) is 6. The van der Waals surface area contributed by atoms with Gasteiger partial charge in [0.2, 0.25) is 5.88 Å². The van der Waals surface area contributed by atoms with Crippen molar-refractivity contribution < 1.29 is 9.53 Å². The summed E-state index contributed by atoms with van der Waals surface area (Å²) in [4.78, 5) is 24.7. The lowest BCUT2D eigenvalue weighted by atomic mass is 10.2. The molecule has 3 aromatic heterocycles. The van der Waals surface area contributed by atoms with Crippen molar-refractivity contribution in [3.63, 3.8) is 0 Å². The molecule has 0 bridgehead atoms. The van der Waals surface area contributed by atoms with Gasteiger partial charge in [0.25, 0.3) is 0 Å². The second-order valence-electron chi connectivity index (χ2n) is 6.15. The number of ketones is 1. The summed E-state index contributed by atoms with van der Waals surface area (Å²) in [6, 6.07) is 6.97. The number of hydrogen-bond donors (Lipinski definition) is 0. The van der Waals surface area contributed by atoms with Crippen LogP contribution in [0.5, 0.6) is 5.88 Å². The Bertz CT molecular complexity index is 901. The van der Waals surface area contributed by atoms with Crippen LogP contribution in [0.3, 0.4) is 0 Å². The molecule has 0 aliphatic carbocycles. The Morgan fingerprint density at radius 3 is 2.68 bits per heavy atom. The van der Waals surface area contributed by atoms with Gasteiger partial charge in [0.1, 0.15) is 18.0 Å². The Kier molecular flexibility index (Phi) is 6.67. The first kappa shape index (κ1) is 19.9. The van der Waals surface area contributed by atoms with Crippen LogP contribution < -0.4 is 4.74 Å². The first-order valence-electron chi connectivity index (χ1n) is 8.91. The summed E-state index contributed by atoms with van der Waals surface area (Å²) in [5.74, 6) is 0.390. The highest BCUT2D eigenvalue weighted by Crippen LogP contribution is 2.14. The summed E-state index contributed by atoms with van der Waals surface area (Å²) in [7, 11) is 0. The van der Waals surface area contributed by atoms with Gasteiger partial charge in [-0.2, -0.15) is 10.2 Å². The van der Waals surface area contributed by atoms with E-state index in [1.165, 1.54) is 11.0 Å². The molecule has 28 heavy (non-hydrogen) atoms. The van der Waals surface area contributed by atoms with Crippen molar-refractivity contribution in [1.29, 1.82) is 0 Å². The molecule has 0 aromatic carbocycles. The summed E-state index contributed by atoms with van der Waals surface area (Å²) in [6.07, 6.45) is 6.25. The number of ether oxygens (including phenoxy) is 1. The highest BCUT2D eigenvalue weighted by molar-refractivity contribution is 6.30. The maximum atomic E-state index is 12.9. The molecule has 9 heteroatoms. The summed E-state index contributed by atoms with van der Waals surface area (Å²) in [5.41, 5.74) is 0.896. The van der Waals surface area contributed by atoms with Gasteiger partial charge in [-0.25, -0.2) is 4.98 Å². The topological polar surface area (TPSA) is 86.0 Å². The molecule has 8 nitrogen and oxygen atoms in total. The molecule has 0 aliphatic rings. The molecular weight excluding hydrogens is 380 g/mol. The van der Waals surface area contributed by atoms with Crippen LogP contribution in [0.4, 0.5) is 0 Å². The van der Waals surface area contributed by atoms with Gasteiger partial charge in [0.05, 0.1) is 24.0 Å². The number of pyridine rings is 2. The summed E-state index contributed by atoms with van der Waals surface area (Å²) in [5, 5.41) is 8.75. The van der Waals surface area contributed by atoms with Gasteiger partial charge in [-0.15, -0.1) is 4.80 Å². The summed E-state index contributed by atoms with van der Waals surface area (Å²) in [6.45, 7) is 5.29. The highest BCUT2D eigenvalue weighted by Gasteiger charge is 2.21. The van der Waals surface area contributed by atoms with Crippen molar-refractivity contribution in [2.75, 3.05) is 19.7 Å². The van der Waals surface area contributed by atoms with Gasteiger partial charge in [0.15, 0.2) is 5.78 Å². The fourth-order valence-electron chi connectivity index (χ4n) is 2.71. The van der Waals surface area contributed by atoms with Crippen LogP contribution in [0.2, 0.25) is 5.02 Å². The molecule has 0 amide bonds. The second kappa shape index (κ2) is 9.38. The lowest BCUT2D eigenvalue weighted by Crippen LogP contribution is -2.41. The van der Waals surface area contributed by atoms with E-state index < -0.39 is 0 Å². The minimum atomic E-state index is -0.105. The number of hydrogen-bond acceptors (Lipinski definition) is 7. The molecule has 146 valence electrons. The van der Waals surface area contributed by atoms with Crippen molar-refractivity contribution in [3.8, 4) is 11.6 Å². The van der Waals surface area contributed by atoms with Crippen LogP contribution in [0.1, 0.15) is 24.3 Å². The highest BCUT2D eigenvalue weighted by atomic mass is 35.5. The lowest BCUT2D eigenvalue weighted by Gasteiger charge is -2.27. The molecule has 3 rings (SSSR count). The minimum Gasteiger partial charge on any atom is -0.476 e. The number of likely N-dealkylation sites (N-methyl/N-ethyl adjacent to an activating group) is 1. The van der Waals surface area contributed by atoms with E-state index in [4.69, 9.17) is 16.3 Å². The zero-order valence-corrected chi connectivity index (χ0v) is 16.5. The molecule has 0 aliphatic heterocycles. The van der Waals surface area contributed by atoms with Gasteiger partial charge in [-0.05, 0) is 31.7 Å². The summed E-state index contributed by atoms with van der Waals surface area (Å²) >= 11 is 5.83. The molecule has 0 unspecified atom stereocenters. The lowest BCUT2D eigenvalue weighted by molar-refractivity contribution is 0.0860. The van der Waals surface area contributed by atoms with Crippen molar-refractivity contribution in [2.45, 2.75) is 19.9 Å². The Morgan fingerprint density at radius 1 is 1.21 bits per heavy atom. The zero-order chi connectivity index (χ0) is 19.9. The van der Waals surface area contributed by atoms with Gasteiger partial charge in [-0.3, -0.25) is 14.7 Å². The number of rotatable bonds is 9. The van der Waals surface area contributed by atoms with E-state index in [9.17, 15) is 4.79 Å². The third-order valence-corrected chi connectivity index (χ3v) is 4.46. The molecule has 3 aromatic rings. The Morgan fingerprint density at radius 2 is 2.00 bits per heavy atom. The molecule has 0 saturated carbocycles. The quantitative estimate of drug-likeness (QED) is 0.510. The maximum Gasteiger partial charge on any atom is 0.213 e. The fraction of sp³-hybridized carbons (Fsp3) is 0.316. The molecule has 1 atom stereocenters. The number of carbonyl (C=O) groups is 1. The number of halogens is 1. The average Bonchev–Trinajstić information content (AvgIpc) is 3.26. The Hall–Kier alpha value is -2.84. The van der Waals surface area contributed by atoms with Crippen molar-refractivity contribution >= 4 is 17.4 Å². The maximum absolute atomic E-state index is 12.9. The number of aromatic nitrogens is 5. The minimum absolute atomic E-state index is 0.00131. The monoisotopic (exact) mass is 400 g/mol. The number of carbonyl (C=O) groups excluding carboxylic acids is 1. The number of Topliss-reactive ketones (excluding diaryl/α,β-unsaturated/α-hetero) is 1. The van der Waals surface area contributed by atoms with E-state index in [1.807, 2.05) is 18.7 Å². The Labute approximate surface area is 168 Å². The van der Waals surface area contributed by atoms with Crippen LogP contribution in [0.15, 0.2) is 49.1 Å². The van der Waals surface area contributed by atoms with E-state index in [0.717, 1.165) is 0 Å². The van der Waals surface area contributed by atoms with Crippen LogP contribution in [0.25, 0.3) is 5.69 Å². The fourth-order valence-corrected chi connectivity index (χ4v) is 2.82. The van der Waals surface area contributed by atoms with E-state index in [0.29, 0.717) is 35.4 Å². The molecule has 0 saturated heterocycles. The van der Waals surface area contributed by atoms with Crippen molar-refractivity contribution in [3.05, 3.63) is 59.8 Å². The second-order valence-corrected chi connectivity index (χ2v) is 6.59. The SMILES string of the molecule is CCN(CC(=O)c1ncccc1-n1nccn1)[C@@H](C)COc1ccc(Cl)cn1. The first-order chi connectivity index (χ1) is 13.6. The normalized spacial score (nSPS) is 12.1. The van der Waals surface area contributed by atoms with Crippen molar-refractivity contribution in [2.24, 2.45) is 0 Å². The molecular formula is C19H21ClN6O2. The Balaban J connectivity index is 1.65. The van der Waals surface area contributed by atoms with E-state index in [1.54, 1.807) is 42.9 Å². The smallest absolute Gasteiger partial charge is 0.213 e. The van der Waals surface area contributed by atoms with Gasteiger partial charge in [-0.1, -0.05) is 18.5 Å². The van der Waals surface area contributed by atoms with Crippen LogP contribution in [0, 0.1) is 0 Å². The zero-order valence-electron chi connectivity index (χ0n) is 15.7. The predicted octanol–water partition coefficient (Wildman–Crippen LogP) is 2.68. The third-order valence-electron chi connectivity index (χ3n) is 4.23. The van der Waals surface area contributed by atoms with Crippen LogP contribution in [-0.4, -0.2) is 61.4 Å². The molecule has 0 fully saturated rings. The molecule has 0 radical (unpaired) electrons. The molecule has 3 heterocycles. The molecule has 0 spiro atoms.